The average Bonchev–Trinajstić information content (AvgIpc) is 3.91. The van der Waals surface area contributed by atoms with Crippen molar-refractivity contribution in [3.8, 4) is 0 Å². The Balaban J connectivity index is 1.97. The SMILES string of the molecule is COC(=O)C12OC1C(OC(C)=O)CC1(O)C3CCC4(C)C(C(OC(C)=O)C(OC(C)=O)C(COC(C)=O)([C@@H](C)OC(C)=O)C4COC(C)=O)C3(C)C(OC(C)=O)C(OC(C)=O)C12C. The number of hydrogen-bond acceptors (Lipinski definition) is 20. The summed E-state index contributed by atoms with van der Waals surface area (Å²) >= 11 is 0. The van der Waals surface area contributed by atoms with Gasteiger partial charge in [0.1, 0.15) is 37.1 Å². The molecule has 1 N–H and O–H groups in total. The van der Waals surface area contributed by atoms with Crippen molar-refractivity contribution in [2.24, 2.45) is 39.4 Å². The van der Waals surface area contributed by atoms with Crippen LogP contribution in [-0.4, -0.2) is 133 Å². The molecule has 0 bridgehead atoms. The van der Waals surface area contributed by atoms with Gasteiger partial charge < -0.3 is 52.5 Å². The molecule has 1 heterocycles. The Labute approximate surface area is 364 Å². The molecular formula is C43H60O20. The second-order valence-corrected chi connectivity index (χ2v) is 18.3. The van der Waals surface area contributed by atoms with Gasteiger partial charge in [-0.15, -0.1) is 0 Å². The zero-order chi connectivity index (χ0) is 47.6. The van der Waals surface area contributed by atoms with Crippen LogP contribution >= 0.6 is 0 Å². The highest BCUT2D eigenvalue weighted by atomic mass is 16.7. The molecule has 15 unspecified atom stereocenters. The van der Waals surface area contributed by atoms with Crippen LogP contribution in [0.4, 0.5) is 0 Å². The summed E-state index contributed by atoms with van der Waals surface area (Å²) in [6.07, 6.45) is -11.1. The van der Waals surface area contributed by atoms with E-state index in [4.69, 9.17) is 47.4 Å². The number of carbonyl (C=O) groups is 9. The van der Waals surface area contributed by atoms with E-state index in [1.54, 1.807) is 13.8 Å². The fourth-order valence-corrected chi connectivity index (χ4v) is 13.0. The van der Waals surface area contributed by atoms with Crippen molar-refractivity contribution in [1.82, 2.24) is 0 Å². The number of epoxide rings is 1. The second-order valence-electron chi connectivity index (χ2n) is 18.3. The molecule has 4 aliphatic carbocycles. The summed E-state index contributed by atoms with van der Waals surface area (Å²) in [6, 6.07) is 0. The van der Waals surface area contributed by atoms with Crippen LogP contribution in [-0.2, 0) is 90.5 Å². The predicted octanol–water partition coefficient (Wildman–Crippen LogP) is 1.84. The monoisotopic (exact) mass is 896 g/mol. The van der Waals surface area contributed by atoms with Crippen LogP contribution in [0.3, 0.4) is 0 Å². The van der Waals surface area contributed by atoms with E-state index >= 15 is 0 Å². The topological polar surface area (TPSA) is 269 Å². The van der Waals surface area contributed by atoms with E-state index in [2.05, 4.69) is 0 Å². The molecule has 63 heavy (non-hydrogen) atoms. The molecule has 20 nitrogen and oxygen atoms in total. The molecule has 0 radical (unpaired) electrons. The normalized spacial score (nSPS) is 41.1. The van der Waals surface area contributed by atoms with Crippen LogP contribution in [0.2, 0.25) is 0 Å². The second kappa shape index (κ2) is 16.9. The molecule has 0 aromatic rings. The van der Waals surface area contributed by atoms with Gasteiger partial charge in [0, 0.05) is 79.1 Å². The number of hydrogen-bond donors (Lipinski definition) is 1. The molecule has 0 aromatic heterocycles. The molecule has 4 saturated carbocycles. The summed E-state index contributed by atoms with van der Waals surface area (Å²) in [7, 11) is 1.08. The van der Waals surface area contributed by atoms with Crippen LogP contribution in [0.15, 0.2) is 0 Å². The molecule has 5 fully saturated rings. The number of aliphatic hydroxyl groups is 1. The van der Waals surface area contributed by atoms with Gasteiger partial charge in [-0.2, -0.15) is 0 Å². The molecule has 1 saturated heterocycles. The van der Waals surface area contributed by atoms with Crippen molar-refractivity contribution in [3.05, 3.63) is 0 Å². The quantitative estimate of drug-likeness (QED) is 0.166. The first kappa shape index (κ1) is 49.2. The lowest BCUT2D eigenvalue weighted by molar-refractivity contribution is -0.366. The lowest BCUT2D eigenvalue weighted by Crippen LogP contribution is -2.85. The van der Waals surface area contributed by atoms with E-state index in [1.807, 2.05) is 0 Å². The van der Waals surface area contributed by atoms with E-state index in [9.17, 15) is 48.3 Å². The molecule has 0 aromatic carbocycles. The molecule has 16 atom stereocenters. The van der Waals surface area contributed by atoms with Gasteiger partial charge in [-0.1, -0.05) is 13.8 Å². The lowest BCUT2D eigenvalue weighted by atomic mass is 9.31. The van der Waals surface area contributed by atoms with Crippen LogP contribution in [0.1, 0.15) is 102 Å². The summed E-state index contributed by atoms with van der Waals surface area (Å²) in [5, 5.41) is 13.9. The molecule has 0 spiro atoms. The van der Waals surface area contributed by atoms with E-state index in [0.29, 0.717) is 0 Å². The minimum Gasteiger partial charge on any atom is -0.467 e. The molecule has 1 aliphatic heterocycles. The molecule has 0 amide bonds. The zero-order valence-electron chi connectivity index (χ0n) is 38.0. The van der Waals surface area contributed by atoms with Gasteiger partial charge in [0.05, 0.1) is 30.1 Å². The van der Waals surface area contributed by atoms with Crippen LogP contribution in [0, 0.1) is 39.4 Å². The zero-order valence-corrected chi connectivity index (χ0v) is 38.0. The standard InChI is InChI=1S/C43H60O20/c1-19(57-22(4)46)41(18-56-21(3)45)30(17-55-20(2)44)38(10)15-14-29-39(11,32(38)31(59-24(6)48)34(41)60-25(7)49)35(61-26(8)50)36(62-27(9)51)40(12)42(29,53)16-28(58-23(5)47)33-43(40,63-33)37(52)54-13/h19,28-36,53H,14-18H2,1-13H3/t19-,28?,29?,30?,31?,32?,33?,34?,35?,36?,38?,39?,40?,41?,42?,43?/m1/s1. The van der Waals surface area contributed by atoms with Gasteiger partial charge in [-0.3, -0.25) is 38.4 Å². The first-order valence-corrected chi connectivity index (χ1v) is 20.9. The van der Waals surface area contributed by atoms with Gasteiger partial charge in [0.15, 0.2) is 12.2 Å². The first-order valence-electron chi connectivity index (χ1n) is 20.9. The van der Waals surface area contributed by atoms with E-state index in [1.165, 1.54) is 13.8 Å². The predicted molar refractivity (Wildman–Crippen MR) is 208 cm³/mol. The Morgan fingerprint density at radius 2 is 1.21 bits per heavy atom. The maximum Gasteiger partial charge on any atom is 0.341 e. The van der Waals surface area contributed by atoms with Crippen molar-refractivity contribution < 1.29 is 95.6 Å². The highest BCUT2D eigenvalue weighted by Gasteiger charge is 2.92. The minimum atomic E-state index is -2.28. The van der Waals surface area contributed by atoms with Gasteiger partial charge in [0.2, 0.25) is 5.60 Å². The maximum absolute atomic E-state index is 14.2. The molecular weight excluding hydrogens is 836 g/mol. The summed E-state index contributed by atoms with van der Waals surface area (Å²) in [5.41, 5.74) is -11.6. The summed E-state index contributed by atoms with van der Waals surface area (Å²) < 4.78 is 59.5. The van der Waals surface area contributed by atoms with Crippen molar-refractivity contribution in [2.75, 3.05) is 20.3 Å². The highest BCUT2D eigenvalue weighted by Crippen LogP contribution is 2.78. The molecule has 5 aliphatic rings. The van der Waals surface area contributed by atoms with Crippen molar-refractivity contribution in [2.45, 2.75) is 156 Å². The van der Waals surface area contributed by atoms with Crippen LogP contribution in [0.25, 0.3) is 0 Å². The van der Waals surface area contributed by atoms with Gasteiger partial charge in [-0.25, -0.2) is 4.79 Å². The van der Waals surface area contributed by atoms with Gasteiger partial charge in [0.25, 0.3) is 0 Å². The Morgan fingerprint density at radius 1 is 0.683 bits per heavy atom. The van der Waals surface area contributed by atoms with Gasteiger partial charge in [-0.05, 0) is 38.0 Å². The van der Waals surface area contributed by atoms with E-state index < -0.39 is 167 Å². The van der Waals surface area contributed by atoms with Crippen molar-refractivity contribution >= 4 is 53.7 Å². The lowest BCUT2D eigenvalue weighted by Gasteiger charge is -2.74. The Kier molecular flexibility index (Phi) is 13.2. The summed E-state index contributed by atoms with van der Waals surface area (Å²) in [5.74, 6) is -11.4. The third-order valence-corrected chi connectivity index (χ3v) is 15.0. The fraction of sp³-hybridized carbons (Fsp3) is 0.791. The van der Waals surface area contributed by atoms with Crippen LogP contribution < -0.4 is 0 Å². The molecule has 20 heteroatoms. The first-order chi connectivity index (χ1) is 29.1. The molecule has 5 rings (SSSR count). The number of fused-ring (bicyclic) bond motifs is 7. The van der Waals surface area contributed by atoms with Crippen molar-refractivity contribution in [1.29, 1.82) is 0 Å². The summed E-state index contributed by atoms with van der Waals surface area (Å²) in [6.45, 7) is 14.0. The Hall–Kier alpha value is -4.85. The third kappa shape index (κ3) is 7.51. The van der Waals surface area contributed by atoms with E-state index in [-0.39, 0.29) is 12.8 Å². The van der Waals surface area contributed by atoms with Gasteiger partial charge >= 0.3 is 53.7 Å². The number of ether oxygens (including phenoxy) is 10. The highest BCUT2D eigenvalue weighted by molar-refractivity contribution is 5.86. The third-order valence-electron chi connectivity index (χ3n) is 15.0. The largest absolute Gasteiger partial charge is 0.467 e. The van der Waals surface area contributed by atoms with Crippen molar-refractivity contribution in [3.63, 3.8) is 0 Å². The summed E-state index contributed by atoms with van der Waals surface area (Å²) in [4.78, 5) is 119. The number of rotatable bonds is 12. The fourth-order valence-electron chi connectivity index (χ4n) is 13.0. The molecule has 352 valence electrons. The van der Waals surface area contributed by atoms with Crippen LogP contribution in [0.5, 0.6) is 0 Å². The maximum atomic E-state index is 14.2. The smallest absolute Gasteiger partial charge is 0.341 e. The number of methoxy groups -OCH3 is 1. The minimum absolute atomic E-state index is 0.0141. The number of carbonyl (C=O) groups excluding carboxylic acids is 9. The Bertz CT molecular complexity index is 1930. The number of esters is 9. The van der Waals surface area contributed by atoms with E-state index in [0.717, 1.165) is 62.5 Å². The Morgan fingerprint density at radius 3 is 1.70 bits per heavy atom. The average molecular weight is 897 g/mol.